The van der Waals surface area contributed by atoms with E-state index in [1.165, 1.54) is 17.3 Å². The van der Waals surface area contributed by atoms with E-state index in [-0.39, 0.29) is 11.7 Å². The minimum atomic E-state index is -0.192. The number of nitrogens with zero attached hydrogens (tertiary/aromatic N) is 2. The minimum Gasteiger partial charge on any atom is -0.497 e. The van der Waals surface area contributed by atoms with Crippen LogP contribution in [0.3, 0.4) is 0 Å². The molecule has 0 fully saturated rings. The summed E-state index contributed by atoms with van der Waals surface area (Å²) in [5.74, 6) is 0.510. The smallest absolute Gasteiger partial charge is 0.123 e. The number of nitrogens with one attached hydrogen (secondary N) is 1. The van der Waals surface area contributed by atoms with Crippen molar-refractivity contribution >= 4 is 10.9 Å². The molecule has 1 aliphatic rings. The molecule has 5 heteroatoms. The lowest BCUT2D eigenvalue weighted by Crippen LogP contribution is -2.31. The van der Waals surface area contributed by atoms with Crippen molar-refractivity contribution in [2.24, 2.45) is 0 Å². The molecule has 0 saturated heterocycles. The normalized spacial score (nSPS) is 15.2. The lowest BCUT2D eigenvalue weighted by Gasteiger charge is -2.27. The van der Waals surface area contributed by atoms with Gasteiger partial charge in [0.05, 0.1) is 19.1 Å². The summed E-state index contributed by atoms with van der Waals surface area (Å²) in [7, 11) is 1.64. The number of hydrogen-bond donors (Lipinski definition) is 1. The number of nitriles is 1. The Hall–Kier alpha value is -2.84. The molecule has 0 bridgehead atoms. The summed E-state index contributed by atoms with van der Waals surface area (Å²) in [6.07, 6.45) is 2.73. The molecule has 2 aromatic carbocycles. The average molecular weight is 377 g/mol. The van der Waals surface area contributed by atoms with E-state index in [2.05, 4.69) is 16.0 Å². The number of rotatable bonds is 6. The predicted octanol–water partition coefficient (Wildman–Crippen LogP) is 4.76. The number of aromatic amines is 1. The number of hydrogen-bond acceptors (Lipinski definition) is 3. The van der Waals surface area contributed by atoms with Crippen LogP contribution in [0, 0.1) is 17.1 Å². The van der Waals surface area contributed by atoms with E-state index < -0.39 is 0 Å². The van der Waals surface area contributed by atoms with Crippen LogP contribution in [-0.4, -0.2) is 30.1 Å². The van der Waals surface area contributed by atoms with Gasteiger partial charge in [-0.05, 0) is 60.8 Å². The number of ether oxygens (including phenoxy) is 1. The van der Waals surface area contributed by atoms with Crippen molar-refractivity contribution in [1.82, 2.24) is 9.88 Å². The molecule has 4 rings (SSSR count). The first-order valence-corrected chi connectivity index (χ1v) is 9.73. The highest BCUT2D eigenvalue weighted by molar-refractivity contribution is 5.84. The molecule has 1 unspecified atom stereocenters. The molecule has 0 amide bonds. The zero-order valence-electron chi connectivity index (χ0n) is 16.0. The van der Waals surface area contributed by atoms with Gasteiger partial charge in [-0.25, -0.2) is 4.39 Å². The van der Waals surface area contributed by atoms with Gasteiger partial charge in [-0.15, -0.1) is 0 Å². The van der Waals surface area contributed by atoms with Crippen molar-refractivity contribution in [3.05, 3.63) is 65.1 Å². The van der Waals surface area contributed by atoms with E-state index in [0.29, 0.717) is 0 Å². The van der Waals surface area contributed by atoms with Gasteiger partial charge in [0.2, 0.25) is 0 Å². The van der Waals surface area contributed by atoms with Gasteiger partial charge in [-0.3, -0.25) is 4.90 Å². The van der Waals surface area contributed by atoms with Gasteiger partial charge in [0.25, 0.3) is 0 Å². The Kier molecular flexibility index (Phi) is 5.31. The Bertz CT molecular complexity index is 1000. The van der Waals surface area contributed by atoms with Crippen LogP contribution in [-0.2, 0) is 13.0 Å². The number of fused-ring (bicyclic) bond motifs is 3. The molecule has 1 N–H and O–H groups in total. The van der Waals surface area contributed by atoms with Gasteiger partial charge >= 0.3 is 0 Å². The maximum atomic E-state index is 13.7. The molecule has 144 valence electrons. The largest absolute Gasteiger partial charge is 0.497 e. The highest BCUT2D eigenvalue weighted by atomic mass is 19.1. The average Bonchev–Trinajstić information content (AvgIpc) is 3.08. The number of halogens is 1. The third-order valence-electron chi connectivity index (χ3n) is 5.66. The molecule has 3 aromatic rings. The lowest BCUT2D eigenvalue weighted by molar-refractivity contribution is 0.248. The summed E-state index contributed by atoms with van der Waals surface area (Å²) in [6.45, 7) is 2.76. The number of H-pyrrole nitrogens is 1. The SMILES string of the molecule is COc1ccc(C(C#N)CCCN2CCc3[nH]c4ccc(F)cc4c3C2)cc1. The summed E-state index contributed by atoms with van der Waals surface area (Å²) in [5.41, 5.74) is 4.49. The molecule has 1 aliphatic heterocycles. The van der Waals surface area contributed by atoms with Crippen molar-refractivity contribution in [2.45, 2.75) is 31.7 Å². The third-order valence-corrected chi connectivity index (χ3v) is 5.66. The Morgan fingerprint density at radius 1 is 1.25 bits per heavy atom. The van der Waals surface area contributed by atoms with Crippen LogP contribution in [0.15, 0.2) is 42.5 Å². The fraction of sp³-hybridized carbons (Fsp3) is 0.348. The third kappa shape index (κ3) is 3.74. The summed E-state index contributed by atoms with van der Waals surface area (Å²) in [6, 6.07) is 15.1. The van der Waals surface area contributed by atoms with E-state index >= 15 is 0 Å². The second-order valence-corrected chi connectivity index (χ2v) is 7.40. The zero-order valence-corrected chi connectivity index (χ0v) is 16.0. The second kappa shape index (κ2) is 8.04. The number of methoxy groups -OCH3 is 1. The maximum Gasteiger partial charge on any atom is 0.123 e. The first-order valence-electron chi connectivity index (χ1n) is 9.73. The quantitative estimate of drug-likeness (QED) is 0.674. The lowest BCUT2D eigenvalue weighted by atomic mass is 9.95. The van der Waals surface area contributed by atoms with Gasteiger partial charge in [-0.2, -0.15) is 5.26 Å². The summed E-state index contributed by atoms with van der Waals surface area (Å²) < 4.78 is 18.8. The van der Waals surface area contributed by atoms with E-state index in [4.69, 9.17) is 4.74 Å². The minimum absolute atomic E-state index is 0.103. The Morgan fingerprint density at radius 2 is 2.07 bits per heavy atom. The van der Waals surface area contributed by atoms with Crippen LogP contribution in [0.5, 0.6) is 5.75 Å². The van der Waals surface area contributed by atoms with Gasteiger partial charge < -0.3 is 9.72 Å². The molecule has 4 nitrogen and oxygen atoms in total. The van der Waals surface area contributed by atoms with Crippen LogP contribution in [0.4, 0.5) is 4.39 Å². The summed E-state index contributed by atoms with van der Waals surface area (Å²) in [4.78, 5) is 5.84. The molecule has 0 aliphatic carbocycles. The molecule has 1 atom stereocenters. The standard InChI is InChI=1S/C23H24FN3O/c1-28-19-7-4-16(5-8-19)17(14-25)3-2-11-27-12-10-23-21(15-27)20-13-18(24)6-9-22(20)26-23/h4-9,13,17,26H,2-3,10-12,15H2,1H3. The molecular weight excluding hydrogens is 353 g/mol. The van der Waals surface area contributed by atoms with E-state index in [9.17, 15) is 9.65 Å². The molecule has 2 heterocycles. The van der Waals surface area contributed by atoms with Crippen LogP contribution >= 0.6 is 0 Å². The van der Waals surface area contributed by atoms with E-state index in [0.717, 1.165) is 61.1 Å². The van der Waals surface area contributed by atoms with Gasteiger partial charge in [0, 0.05) is 36.1 Å². The maximum absolute atomic E-state index is 13.7. The Labute approximate surface area is 164 Å². The van der Waals surface area contributed by atoms with Crippen LogP contribution in [0.1, 0.15) is 35.6 Å². The second-order valence-electron chi connectivity index (χ2n) is 7.40. The number of benzene rings is 2. The fourth-order valence-corrected chi connectivity index (χ4v) is 4.09. The molecule has 0 spiro atoms. The van der Waals surface area contributed by atoms with Crippen molar-refractivity contribution < 1.29 is 9.13 Å². The van der Waals surface area contributed by atoms with Crippen LogP contribution in [0.2, 0.25) is 0 Å². The topological polar surface area (TPSA) is 52.0 Å². The monoisotopic (exact) mass is 377 g/mol. The first-order chi connectivity index (χ1) is 13.7. The summed E-state index contributed by atoms with van der Waals surface area (Å²) in [5, 5.41) is 10.5. The van der Waals surface area contributed by atoms with E-state index in [1.807, 2.05) is 30.3 Å². The predicted molar refractivity (Wildman–Crippen MR) is 108 cm³/mol. The molecular formula is C23H24FN3O. The fourth-order valence-electron chi connectivity index (χ4n) is 4.09. The zero-order chi connectivity index (χ0) is 19.5. The van der Waals surface area contributed by atoms with E-state index in [1.54, 1.807) is 13.2 Å². The van der Waals surface area contributed by atoms with Gasteiger partial charge in [-0.1, -0.05) is 12.1 Å². The Morgan fingerprint density at radius 3 is 2.82 bits per heavy atom. The van der Waals surface area contributed by atoms with Crippen molar-refractivity contribution in [2.75, 3.05) is 20.2 Å². The molecule has 1 aromatic heterocycles. The van der Waals surface area contributed by atoms with Crippen molar-refractivity contribution in [1.29, 1.82) is 5.26 Å². The molecule has 0 saturated carbocycles. The highest BCUT2D eigenvalue weighted by Gasteiger charge is 2.21. The van der Waals surface area contributed by atoms with Crippen LogP contribution in [0.25, 0.3) is 10.9 Å². The highest BCUT2D eigenvalue weighted by Crippen LogP contribution is 2.29. The van der Waals surface area contributed by atoms with Crippen molar-refractivity contribution in [3.63, 3.8) is 0 Å². The van der Waals surface area contributed by atoms with Crippen molar-refractivity contribution in [3.8, 4) is 11.8 Å². The van der Waals surface area contributed by atoms with Gasteiger partial charge in [0.1, 0.15) is 11.6 Å². The van der Waals surface area contributed by atoms with Crippen LogP contribution < -0.4 is 4.74 Å². The number of aromatic nitrogens is 1. The Balaban J connectivity index is 1.37. The first kappa shape index (κ1) is 18.5. The molecule has 28 heavy (non-hydrogen) atoms. The molecule has 0 radical (unpaired) electrons. The van der Waals surface area contributed by atoms with Gasteiger partial charge in [0.15, 0.2) is 0 Å². The summed E-state index contributed by atoms with van der Waals surface area (Å²) >= 11 is 0.